The zero-order valence-corrected chi connectivity index (χ0v) is 10.8. The van der Waals surface area contributed by atoms with Crippen molar-refractivity contribution in [1.82, 2.24) is 9.55 Å². The molecule has 100 valence electrons. The highest BCUT2D eigenvalue weighted by Gasteiger charge is 2.42. The summed E-state index contributed by atoms with van der Waals surface area (Å²) >= 11 is 0. The van der Waals surface area contributed by atoms with Gasteiger partial charge in [-0.15, -0.1) is 0 Å². The summed E-state index contributed by atoms with van der Waals surface area (Å²) in [6.07, 6.45) is 1.68. The molecule has 1 aromatic heterocycles. The number of H-pyrrole nitrogens is 1. The first-order valence-corrected chi connectivity index (χ1v) is 6.08. The van der Waals surface area contributed by atoms with Crippen LogP contribution in [0.2, 0.25) is 0 Å². The first-order chi connectivity index (χ1) is 8.58. The van der Waals surface area contributed by atoms with E-state index in [4.69, 9.17) is 9.47 Å². The largest absolute Gasteiger partial charge is 0.376 e. The zero-order chi connectivity index (χ0) is 13.3. The number of hydrogen-bond donors (Lipinski definition) is 1. The van der Waals surface area contributed by atoms with Gasteiger partial charge in [-0.25, -0.2) is 4.79 Å². The van der Waals surface area contributed by atoms with Gasteiger partial charge in [-0.1, -0.05) is 13.8 Å². The van der Waals surface area contributed by atoms with Crippen molar-refractivity contribution in [3.63, 3.8) is 0 Å². The van der Waals surface area contributed by atoms with Gasteiger partial charge in [-0.2, -0.15) is 0 Å². The van der Waals surface area contributed by atoms with Crippen molar-refractivity contribution < 1.29 is 9.47 Å². The van der Waals surface area contributed by atoms with Gasteiger partial charge >= 0.3 is 5.69 Å². The van der Waals surface area contributed by atoms with E-state index in [9.17, 15) is 9.59 Å². The summed E-state index contributed by atoms with van der Waals surface area (Å²) in [5.74, 6) is 0.198. The molecule has 1 aliphatic rings. The van der Waals surface area contributed by atoms with Crippen molar-refractivity contribution >= 4 is 0 Å². The number of aromatic amines is 1. The summed E-state index contributed by atoms with van der Waals surface area (Å²) in [6, 6.07) is 1.31. The fraction of sp³-hybridized carbons (Fsp3) is 0.667. The van der Waals surface area contributed by atoms with E-state index in [2.05, 4.69) is 4.98 Å². The SMILES string of the molecule is CC[C@H]1O[C@@H](n2ccc(=O)[nH]c2=O)[C@@H](OC)C1C. The lowest BCUT2D eigenvalue weighted by atomic mass is 9.98. The predicted molar refractivity (Wildman–Crippen MR) is 65.5 cm³/mol. The molecule has 2 heterocycles. The van der Waals surface area contributed by atoms with E-state index < -0.39 is 17.5 Å². The van der Waals surface area contributed by atoms with E-state index in [1.54, 1.807) is 7.11 Å². The van der Waals surface area contributed by atoms with Crippen LogP contribution in [0.15, 0.2) is 21.9 Å². The van der Waals surface area contributed by atoms with Crippen LogP contribution in [0.25, 0.3) is 0 Å². The van der Waals surface area contributed by atoms with Crippen LogP contribution in [0, 0.1) is 5.92 Å². The van der Waals surface area contributed by atoms with Crippen LogP contribution >= 0.6 is 0 Å². The molecule has 6 heteroatoms. The summed E-state index contributed by atoms with van der Waals surface area (Å²) in [4.78, 5) is 25.0. The highest BCUT2D eigenvalue weighted by molar-refractivity contribution is 4.91. The molecular weight excluding hydrogens is 236 g/mol. The van der Waals surface area contributed by atoms with Gasteiger partial charge in [0, 0.05) is 25.3 Å². The fourth-order valence-corrected chi connectivity index (χ4v) is 2.50. The Morgan fingerprint density at radius 2 is 2.22 bits per heavy atom. The maximum Gasteiger partial charge on any atom is 0.330 e. The van der Waals surface area contributed by atoms with Crippen molar-refractivity contribution in [3.8, 4) is 0 Å². The molecule has 18 heavy (non-hydrogen) atoms. The summed E-state index contributed by atoms with van der Waals surface area (Å²) in [7, 11) is 1.60. The molecule has 1 unspecified atom stereocenters. The van der Waals surface area contributed by atoms with Gasteiger partial charge < -0.3 is 9.47 Å². The smallest absolute Gasteiger partial charge is 0.330 e. The maximum absolute atomic E-state index is 11.8. The van der Waals surface area contributed by atoms with E-state index in [1.807, 2.05) is 13.8 Å². The fourth-order valence-electron chi connectivity index (χ4n) is 2.50. The van der Waals surface area contributed by atoms with Gasteiger partial charge in [-0.05, 0) is 6.42 Å². The molecule has 0 aromatic carbocycles. The molecule has 1 N–H and O–H groups in total. The monoisotopic (exact) mass is 254 g/mol. The zero-order valence-electron chi connectivity index (χ0n) is 10.8. The minimum Gasteiger partial charge on any atom is -0.376 e. The Balaban J connectivity index is 2.38. The Hall–Kier alpha value is -1.40. The average Bonchev–Trinajstić information content (AvgIpc) is 2.65. The Kier molecular flexibility index (Phi) is 3.68. The lowest BCUT2D eigenvalue weighted by Gasteiger charge is -2.20. The Morgan fingerprint density at radius 1 is 1.50 bits per heavy atom. The number of hydrogen-bond acceptors (Lipinski definition) is 4. The minimum atomic E-state index is -0.487. The maximum atomic E-state index is 11.8. The summed E-state index contributed by atoms with van der Waals surface area (Å²) in [6.45, 7) is 4.07. The van der Waals surface area contributed by atoms with Crippen LogP contribution < -0.4 is 11.2 Å². The Morgan fingerprint density at radius 3 is 2.78 bits per heavy atom. The van der Waals surface area contributed by atoms with Gasteiger partial charge in [0.1, 0.15) is 6.10 Å². The van der Waals surface area contributed by atoms with E-state index in [-0.39, 0.29) is 18.1 Å². The van der Waals surface area contributed by atoms with Crippen LogP contribution in [0.1, 0.15) is 26.5 Å². The molecule has 1 aromatic rings. The summed E-state index contributed by atoms with van der Waals surface area (Å²) in [5, 5.41) is 0. The van der Waals surface area contributed by atoms with Crippen molar-refractivity contribution in [3.05, 3.63) is 33.1 Å². The second kappa shape index (κ2) is 5.07. The van der Waals surface area contributed by atoms with Crippen molar-refractivity contribution in [1.29, 1.82) is 0 Å². The first kappa shape index (κ1) is 13.0. The molecule has 1 aliphatic heterocycles. The molecule has 0 aliphatic carbocycles. The second-order valence-electron chi connectivity index (χ2n) is 4.55. The van der Waals surface area contributed by atoms with Gasteiger partial charge in [0.05, 0.1) is 6.10 Å². The summed E-state index contributed by atoms with van der Waals surface area (Å²) in [5.41, 5.74) is -0.887. The number of rotatable bonds is 3. The van der Waals surface area contributed by atoms with Crippen LogP contribution in [0.5, 0.6) is 0 Å². The van der Waals surface area contributed by atoms with Gasteiger partial charge in [0.15, 0.2) is 6.23 Å². The molecule has 6 nitrogen and oxygen atoms in total. The highest BCUT2D eigenvalue weighted by atomic mass is 16.6. The number of ether oxygens (including phenoxy) is 2. The van der Waals surface area contributed by atoms with E-state index in [0.717, 1.165) is 6.42 Å². The number of nitrogens with one attached hydrogen (secondary N) is 1. The lowest BCUT2D eigenvalue weighted by Crippen LogP contribution is -2.36. The van der Waals surface area contributed by atoms with Gasteiger partial charge in [-0.3, -0.25) is 14.3 Å². The molecule has 0 spiro atoms. The molecule has 0 amide bonds. The predicted octanol–water partition coefficient (Wildman–Crippen LogP) is 0.495. The molecule has 2 rings (SSSR count). The average molecular weight is 254 g/mol. The van der Waals surface area contributed by atoms with E-state index >= 15 is 0 Å². The molecule has 0 bridgehead atoms. The molecule has 0 radical (unpaired) electrons. The third kappa shape index (κ3) is 2.13. The van der Waals surface area contributed by atoms with Crippen molar-refractivity contribution in [2.45, 2.75) is 38.7 Å². The second-order valence-corrected chi connectivity index (χ2v) is 4.55. The topological polar surface area (TPSA) is 73.3 Å². The van der Waals surface area contributed by atoms with Crippen molar-refractivity contribution in [2.75, 3.05) is 7.11 Å². The van der Waals surface area contributed by atoms with Crippen LogP contribution in [-0.4, -0.2) is 28.9 Å². The Labute approximate surface area is 105 Å². The van der Waals surface area contributed by atoms with Crippen LogP contribution in [0.4, 0.5) is 0 Å². The molecule has 4 atom stereocenters. The Bertz CT molecular complexity index is 521. The highest BCUT2D eigenvalue weighted by Crippen LogP contribution is 2.35. The number of aromatic nitrogens is 2. The number of methoxy groups -OCH3 is 1. The molecule has 1 fully saturated rings. The van der Waals surface area contributed by atoms with E-state index in [1.165, 1.54) is 16.8 Å². The van der Waals surface area contributed by atoms with Gasteiger partial charge in [0.25, 0.3) is 5.56 Å². The normalized spacial score (nSPS) is 31.7. The van der Waals surface area contributed by atoms with E-state index in [0.29, 0.717) is 0 Å². The van der Waals surface area contributed by atoms with Crippen LogP contribution in [0.3, 0.4) is 0 Å². The van der Waals surface area contributed by atoms with Gasteiger partial charge in [0.2, 0.25) is 0 Å². The lowest BCUT2D eigenvalue weighted by molar-refractivity contribution is -0.0530. The third-order valence-electron chi connectivity index (χ3n) is 3.50. The van der Waals surface area contributed by atoms with Crippen LogP contribution in [-0.2, 0) is 9.47 Å². The standard InChI is InChI=1S/C12H18N2O4/c1-4-8-7(2)10(17-3)11(18-8)14-6-5-9(15)13-12(14)16/h5-8,10-11H,4H2,1-3H3,(H,13,15,16)/t7?,8-,10+,11-/m1/s1. The quantitative estimate of drug-likeness (QED) is 0.852. The minimum absolute atomic E-state index is 0.0544. The van der Waals surface area contributed by atoms with Crippen molar-refractivity contribution in [2.24, 2.45) is 5.92 Å². The number of nitrogens with zero attached hydrogens (tertiary/aromatic N) is 1. The summed E-state index contributed by atoms with van der Waals surface area (Å²) < 4.78 is 12.7. The first-order valence-electron chi connectivity index (χ1n) is 6.08. The molecule has 0 saturated carbocycles. The molecule has 1 saturated heterocycles. The third-order valence-corrected chi connectivity index (χ3v) is 3.50. The molecular formula is C12H18N2O4.